The van der Waals surface area contributed by atoms with Gasteiger partial charge in [-0.15, -0.1) is 0 Å². The largest absolute Gasteiger partial charge is 0.397 e. The normalized spacial score (nSPS) is 21.0. The van der Waals surface area contributed by atoms with E-state index in [9.17, 15) is 9.18 Å². The van der Waals surface area contributed by atoms with Crippen LogP contribution in [0.4, 0.5) is 15.8 Å². The number of piperidine rings is 1. The third kappa shape index (κ3) is 3.92. The molecule has 2 atom stereocenters. The van der Waals surface area contributed by atoms with Gasteiger partial charge in [-0.1, -0.05) is 0 Å². The van der Waals surface area contributed by atoms with E-state index < -0.39 is 5.82 Å². The number of anilines is 2. The molecule has 3 N–H and O–H groups in total. The molecule has 1 saturated heterocycles. The van der Waals surface area contributed by atoms with Crippen LogP contribution in [0.5, 0.6) is 0 Å². The minimum Gasteiger partial charge on any atom is -0.397 e. The second-order valence-electron chi connectivity index (χ2n) is 5.39. The summed E-state index contributed by atoms with van der Waals surface area (Å²) in [6.07, 6.45) is 2.20. The SMILES string of the molecule is COC1CCCN(C(C)C(=O)Nc2ccc(F)cc2N)C1. The van der Waals surface area contributed by atoms with E-state index in [-0.39, 0.29) is 23.7 Å². The number of nitrogen functional groups attached to an aromatic ring is 1. The Morgan fingerprint density at radius 3 is 3.00 bits per heavy atom. The fourth-order valence-electron chi connectivity index (χ4n) is 2.56. The first-order valence-electron chi connectivity index (χ1n) is 7.14. The highest BCUT2D eigenvalue weighted by atomic mass is 19.1. The van der Waals surface area contributed by atoms with Crippen LogP contribution in [0.25, 0.3) is 0 Å². The standard InChI is InChI=1S/C15H22FN3O2/c1-10(19-7-3-4-12(9-19)21-2)15(20)18-14-6-5-11(16)8-13(14)17/h5-6,8,10,12H,3-4,7,9,17H2,1-2H3,(H,18,20). The van der Waals surface area contributed by atoms with E-state index in [0.717, 1.165) is 25.9 Å². The van der Waals surface area contributed by atoms with Crippen LogP contribution in [0.3, 0.4) is 0 Å². The van der Waals surface area contributed by atoms with Gasteiger partial charge in [0, 0.05) is 13.7 Å². The molecule has 1 aliphatic heterocycles. The monoisotopic (exact) mass is 295 g/mol. The van der Waals surface area contributed by atoms with Gasteiger partial charge in [-0.3, -0.25) is 9.69 Å². The van der Waals surface area contributed by atoms with Crippen LogP contribution in [-0.2, 0) is 9.53 Å². The van der Waals surface area contributed by atoms with Crippen LogP contribution in [-0.4, -0.2) is 43.2 Å². The average molecular weight is 295 g/mol. The molecule has 2 rings (SSSR count). The summed E-state index contributed by atoms with van der Waals surface area (Å²) in [6.45, 7) is 3.46. The van der Waals surface area contributed by atoms with Gasteiger partial charge in [0.2, 0.25) is 5.91 Å². The van der Waals surface area contributed by atoms with Gasteiger partial charge in [-0.2, -0.15) is 0 Å². The van der Waals surface area contributed by atoms with E-state index in [1.165, 1.54) is 18.2 Å². The number of carbonyl (C=O) groups is 1. The highest BCUT2D eigenvalue weighted by Crippen LogP contribution is 2.21. The van der Waals surface area contributed by atoms with Crippen LogP contribution in [0.1, 0.15) is 19.8 Å². The molecule has 0 bridgehead atoms. The average Bonchev–Trinajstić information content (AvgIpc) is 2.49. The van der Waals surface area contributed by atoms with Crippen LogP contribution < -0.4 is 11.1 Å². The van der Waals surface area contributed by atoms with Crippen LogP contribution >= 0.6 is 0 Å². The third-order valence-electron chi connectivity index (χ3n) is 3.94. The van der Waals surface area contributed by atoms with Gasteiger partial charge in [0.15, 0.2) is 0 Å². The molecule has 0 aliphatic carbocycles. The third-order valence-corrected chi connectivity index (χ3v) is 3.94. The number of amides is 1. The highest BCUT2D eigenvalue weighted by Gasteiger charge is 2.27. The van der Waals surface area contributed by atoms with E-state index in [2.05, 4.69) is 10.2 Å². The second kappa shape index (κ2) is 6.87. The van der Waals surface area contributed by atoms with Crippen LogP contribution in [0, 0.1) is 5.82 Å². The Kier molecular flexibility index (Phi) is 5.14. The van der Waals surface area contributed by atoms with Gasteiger partial charge in [-0.25, -0.2) is 4.39 Å². The Morgan fingerprint density at radius 1 is 1.57 bits per heavy atom. The molecule has 21 heavy (non-hydrogen) atoms. The van der Waals surface area contributed by atoms with Crippen molar-refractivity contribution in [3.63, 3.8) is 0 Å². The second-order valence-corrected chi connectivity index (χ2v) is 5.39. The molecule has 0 saturated carbocycles. The summed E-state index contributed by atoms with van der Waals surface area (Å²) < 4.78 is 18.4. The van der Waals surface area contributed by atoms with Crippen molar-refractivity contribution in [1.82, 2.24) is 4.90 Å². The Hall–Kier alpha value is -1.66. The summed E-state index contributed by atoms with van der Waals surface area (Å²) in [5, 5.41) is 2.75. The molecule has 1 aliphatic rings. The number of halogens is 1. The molecule has 6 heteroatoms. The predicted molar refractivity (Wildman–Crippen MR) is 80.5 cm³/mol. The van der Waals surface area contributed by atoms with E-state index in [0.29, 0.717) is 5.69 Å². The molecule has 0 spiro atoms. The van der Waals surface area contributed by atoms with Crippen molar-refractivity contribution in [2.24, 2.45) is 0 Å². The number of nitrogens with two attached hydrogens (primary N) is 1. The maximum absolute atomic E-state index is 13.0. The van der Waals surface area contributed by atoms with Gasteiger partial charge >= 0.3 is 0 Å². The number of nitrogens with zero attached hydrogens (tertiary/aromatic N) is 1. The lowest BCUT2D eigenvalue weighted by molar-refractivity contribution is -0.122. The number of carbonyl (C=O) groups excluding carboxylic acids is 1. The minimum atomic E-state index is -0.419. The maximum atomic E-state index is 13.0. The van der Waals surface area contributed by atoms with Gasteiger partial charge in [0.1, 0.15) is 5.82 Å². The smallest absolute Gasteiger partial charge is 0.241 e. The molecule has 2 unspecified atom stereocenters. The number of rotatable bonds is 4. The molecule has 1 amide bonds. The number of hydrogen-bond donors (Lipinski definition) is 2. The highest BCUT2D eigenvalue weighted by molar-refractivity contribution is 5.97. The number of methoxy groups -OCH3 is 1. The van der Waals surface area contributed by atoms with Gasteiger partial charge < -0.3 is 15.8 Å². The fraction of sp³-hybridized carbons (Fsp3) is 0.533. The molecule has 1 fully saturated rings. The predicted octanol–water partition coefficient (Wildman–Crippen LogP) is 1.85. The summed E-state index contributed by atoms with van der Waals surface area (Å²) >= 11 is 0. The van der Waals surface area contributed by atoms with Gasteiger partial charge in [0.05, 0.1) is 23.5 Å². The van der Waals surface area contributed by atoms with Crippen molar-refractivity contribution in [3.05, 3.63) is 24.0 Å². The van der Waals surface area contributed by atoms with Crippen LogP contribution in [0.15, 0.2) is 18.2 Å². The van der Waals surface area contributed by atoms with E-state index >= 15 is 0 Å². The van der Waals surface area contributed by atoms with Gasteiger partial charge in [-0.05, 0) is 44.5 Å². The Bertz CT molecular complexity index is 510. The molecule has 5 nitrogen and oxygen atoms in total. The Labute approximate surface area is 124 Å². The van der Waals surface area contributed by atoms with E-state index in [1.807, 2.05) is 6.92 Å². The number of benzene rings is 1. The summed E-state index contributed by atoms with van der Waals surface area (Å²) in [6, 6.07) is 3.66. The molecule has 116 valence electrons. The van der Waals surface area contributed by atoms with Crippen molar-refractivity contribution in [2.45, 2.75) is 31.9 Å². The molecular formula is C15H22FN3O2. The first-order chi connectivity index (χ1) is 10.0. The maximum Gasteiger partial charge on any atom is 0.241 e. The lowest BCUT2D eigenvalue weighted by atomic mass is 10.1. The molecule has 0 aromatic heterocycles. The number of nitrogens with one attached hydrogen (secondary N) is 1. The van der Waals surface area contributed by atoms with Crippen molar-refractivity contribution in [1.29, 1.82) is 0 Å². The molecule has 1 aromatic carbocycles. The Morgan fingerprint density at radius 2 is 2.33 bits per heavy atom. The number of ether oxygens (including phenoxy) is 1. The number of likely N-dealkylation sites (tertiary alicyclic amines) is 1. The summed E-state index contributed by atoms with van der Waals surface area (Å²) in [7, 11) is 1.69. The summed E-state index contributed by atoms with van der Waals surface area (Å²) in [5.74, 6) is -0.567. The van der Waals surface area contributed by atoms with Crippen molar-refractivity contribution in [2.75, 3.05) is 31.2 Å². The van der Waals surface area contributed by atoms with Crippen molar-refractivity contribution < 1.29 is 13.9 Å². The van der Waals surface area contributed by atoms with E-state index in [1.54, 1.807) is 7.11 Å². The summed E-state index contributed by atoms with van der Waals surface area (Å²) in [4.78, 5) is 14.4. The van der Waals surface area contributed by atoms with Crippen molar-refractivity contribution >= 4 is 17.3 Å². The van der Waals surface area contributed by atoms with Gasteiger partial charge in [0.25, 0.3) is 0 Å². The zero-order valence-corrected chi connectivity index (χ0v) is 12.4. The first-order valence-corrected chi connectivity index (χ1v) is 7.14. The summed E-state index contributed by atoms with van der Waals surface area (Å²) in [5.41, 5.74) is 6.37. The lowest BCUT2D eigenvalue weighted by Crippen LogP contribution is -2.48. The zero-order valence-electron chi connectivity index (χ0n) is 12.4. The fourth-order valence-corrected chi connectivity index (χ4v) is 2.56. The molecular weight excluding hydrogens is 273 g/mol. The molecule has 1 heterocycles. The molecule has 0 radical (unpaired) electrons. The zero-order chi connectivity index (χ0) is 15.4. The van der Waals surface area contributed by atoms with E-state index in [4.69, 9.17) is 10.5 Å². The topological polar surface area (TPSA) is 67.6 Å². The molecule has 1 aromatic rings. The number of hydrogen-bond acceptors (Lipinski definition) is 4. The van der Waals surface area contributed by atoms with Crippen molar-refractivity contribution in [3.8, 4) is 0 Å². The Balaban J connectivity index is 1.99. The quantitative estimate of drug-likeness (QED) is 0.832. The van der Waals surface area contributed by atoms with Crippen LogP contribution in [0.2, 0.25) is 0 Å². The first kappa shape index (κ1) is 15.7. The lowest BCUT2D eigenvalue weighted by Gasteiger charge is -2.35. The minimum absolute atomic E-state index is 0.148.